The smallest absolute Gasteiger partial charge is 0.242 e. The highest BCUT2D eigenvalue weighted by Crippen LogP contribution is 2.21. The number of anilines is 2. The van der Waals surface area contributed by atoms with E-state index in [1.807, 2.05) is 13.8 Å². The van der Waals surface area contributed by atoms with Crippen LogP contribution in [0.3, 0.4) is 0 Å². The molecule has 2 rings (SSSR count). The predicted octanol–water partition coefficient (Wildman–Crippen LogP) is 1.13. The second-order valence-corrected chi connectivity index (χ2v) is 5.31. The standard InChI is InChI=1S/C14H20N4O2/c1-9(2)13(15)14(20)17-11-6-5-10(8-16-11)18-7-3-4-12(18)19/h5-6,8-9,13H,3-4,7,15H2,1-2H3,(H,16,17,20)/t13-/m0/s1. The molecule has 1 saturated heterocycles. The van der Waals surface area contributed by atoms with Gasteiger partial charge in [-0.05, 0) is 24.5 Å². The van der Waals surface area contributed by atoms with Crippen LogP contribution in [0.4, 0.5) is 11.5 Å². The van der Waals surface area contributed by atoms with Gasteiger partial charge in [-0.1, -0.05) is 13.8 Å². The highest BCUT2D eigenvalue weighted by atomic mass is 16.2. The first-order chi connectivity index (χ1) is 9.49. The summed E-state index contributed by atoms with van der Waals surface area (Å²) in [4.78, 5) is 29.3. The zero-order valence-electron chi connectivity index (χ0n) is 11.8. The van der Waals surface area contributed by atoms with Crippen molar-refractivity contribution in [1.82, 2.24) is 4.98 Å². The van der Waals surface area contributed by atoms with Gasteiger partial charge in [0, 0.05) is 13.0 Å². The van der Waals surface area contributed by atoms with Crippen molar-refractivity contribution in [3.8, 4) is 0 Å². The van der Waals surface area contributed by atoms with E-state index in [2.05, 4.69) is 10.3 Å². The van der Waals surface area contributed by atoms with Crippen molar-refractivity contribution in [2.75, 3.05) is 16.8 Å². The van der Waals surface area contributed by atoms with E-state index in [1.165, 1.54) is 0 Å². The lowest BCUT2D eigenvalue weighted by Gasteiger charge is -2.17. The molecule has 1 aromatic heterocycles. The van der Waals surface area contributed by atoms with E-state index in [-0.39, 0.29) is 17.7 Å². The largest absolute Gasteiger partial charge is 0.320 e. The Bertz CT molecular complexity index is 498. The van der Waals surface area contributed by atoms with Crippen molar-refractivity contribution in [2.24, 2.45) is 11.7 Å². The van der Waals surface area contributed by atoms with Crippen LogP contribution in [0, 0.1) is 5.92 Å². The Hall–Kier alpha value is -1.95. The lowest BCUT2D eigenvalue weighted by molar-refractivity contribution is -0.118. The third kappa shape index (κ3) is 3.14. The molecule has 0 saturated carbocycles. The normalized spacial score (nSPS) is 16.6. The third-order valence-corrected chi connectivity index (χ3v) is 3.41. The van der Waals surface area contributed by atoms with Gasteiger partial charge in [0.15, 0.2) is 0 Å². The number of aromatic nitrogens is 1. The zero-order valence-corrected chi connectivity index (χ0v) is 11.8. The fourth-order valence-corrected chi connectivity index (χ4v) is 2.05. The number of carbonyl (C=O) groups excluding carboxylic acids is 2. The van der Waals surface area contributed by atoms with E-state index in [0.29, 0.717) is 12.2 Å². The number of amides is 2. The Kier molecular flexibility index (Phi) is 4.34. The van der Waals surface area contributed by atoms with E-state index < -0.39 is 6.04 Å². The van der Waals surface area contributed by atoms with Crippen molar-refractivity contribution >= 4 is 23.3 Å². The SMILES string of the molecule is CC(C)[C@H](N)C(=O)Nc1ccc(N2CCCC2=O)cn1. The lowest BCUT2D eigenvalue weighted by atomic mass is 10.1. The van der Waals surface area contributed by atoms with E-state index in [9.17, 15) is 9.59 Å². The second kappa shape index (κ2) is 6.00. The van der Waals surface area contributed by atoms with Gasteiger partial charge >= 0.3 is 0 Å². The molecule has 3 N–H and O–H groups in total. The van der Waals surface area contributed by atoms with Crippen molar-refractivity contribution < 1.29 is 9.59 Å². The van der Waals surface area contributed by atoms with Crippen LogP contribution in [0.1, 0.15) is 26.7 Å². The van der Waals surface area contributed by atoms with E-state index in [4.69, 9.17) is 5.73 Å². The van der Waals surface area contributed by atoms with Gasteiger partial charge in [-0.25, -0.2) is 4.98 Å². The fraction of sp³-hybridized carbons (Fsp3) is 0.500. The Labute approximate surface area is 118 Å². The molecule has 2 heterocycles. The molecule has 1 fully saturated rings. The van der Waals surface area contributed by atoms with Gasteiger partial charge in [-0.3, -0.25) is 9.59 Å². The maximum Gasteiger partial charge on any atom is 0.242 e. The summed E-state index contributed by atoms with van der Waals surface area (Å²) < 4.78 is 0. The molecule has 0 radical (unpaired) electrons. The molecule has 2 amide bonds. The molecule has 1 aliphatic heterocycles. The topological polar surface area (TPSA) is 88.3 Å². The highest BCUT2D eigenvalue weighted by Gasteiger charge is 2.22. The molecule has 0 aromatic carbocycles. The molecule has 1 aromatic rings. The Morgan fingerprint density at radius 2 is 2.20 bits per heavy atom. The summed E-state index contributed by atoms with van der Waals surface area (Å²) in [5.74, 6) is 0.376. The molecule has 6 heteroatoms. The van der Waals surface area contributed by atoms with Crippen molar-refractivity contribution in [3.05, 3.63) is 18.3 Å². The van der Waals surface area contributed by atoms with Gasteiger partial charge in [0.1, 0.15) is 5.82 Å². The van der Waals surface area contributed by atoms with Crippen molar-refractivity contribution in [1.29, 1.82) is 0 Å². The Morgan fingerprint density at radius 1 is 1.45 bits per heavy atom. The molecule has 20 heavy (non-hydrogen) atoms. The molecule has 0 aliphatic carbocycles. The number of hydrogen-bond donors (Lipinski definition) is 2. The molecule has 0 unspecified atom stereocenters. The summed E-state index contributed by atoms with van der Waals surface area (Å²) in [7, 11) is 0. The molecule has 0 bridgehead atoms. The zero-order chi connectivity index (χ0) is 14.7. The van der Waals surface area contributed by atoms with Gasteiger partial charge < -0.3 is 16.0 Å². The number of nitrogens with zero attached hydrogens (tertiary/aromatic N) is 2. The van der Waals surface area contributed by atoms with Crippen LogP contribution in [0.5, 0.6) is 0 Å². The molecule has 108 valence electrons. The van der Waals surface area contributed by atoms with Crippen LogP contribution in [0.25, 0.3) is 0 Å². The lowest BCUT2D eigenvalue weighted by Crippen LogP contribution is -2.39. The number of hydrogen-bond acceptors (Lipinski definition) is 4. The monoisotopic (exact) mass is 276 g/mol. The van der Waals surface area contributed by atoms with Crippen LogP contribution >= 0.6 is 0 Å². The Morgan fingerprint density at radius 3 is 2.70 bits per heavy atom. The highest BCUT2D eigenvalue weighted by molar-refractivity contribution is 5.96. The first-order valence-corrected chi connectivity index (χ1v) is 6.82. The quantitative estimate of drug-likeness (QED) is 0.862. The maximum absolute atomic E-state index is 11.8. The summed E-state index contributed by atoms with van der Waals surface area (Å²) >= 11 is 0. The summed E-state index contributed by atoms with van der Waals surface area (Å²) in [5, 5.41) is 2.67. The fourth-order valence-electron chi connectivity index (χ4n) is 2.05. The van der Waals surface area contributed by atoms with Crippen LogP contribution in [-0.2, 0) is 9.59 Å². The van der Waals surface area contributed by atoms with Gasteiger partial charge in [-0.2, -0.15) is 0 Å². The van der Waals surface area contributed by atoms with Gasteiger partial charge in [0.25, 0.3) is 0 Å². The van der Waals surface area contributed by atoms with Gasteiger partial charge in [-0.15, -0.1) is 0 Å². The van der Waals surface area contributed by atoms with Gasteiger partial charge in [0.05, 0.1) is 17.9 Å². The van der Waals surface area contributed by atoms with Crippen LogP contribution in [0.2, 0.25) is 0 Å². The minimum atomic E-state index is -0.559. The molecular formula is C14H20N4O2. The van der Waals surface area contributed by atoms with Crippen LogP contribution < -0.4 is 16.0 Å². The minimum Gasteiger partial charge on any atom is -0.320 e. The number of carbonyl (C=O) groups is 2. The maximum atomic E-state index is 11.8. The first kappa shape index (κ1) is 14.5. The molecule has 6 nitrogen and oxygen atoms in total. The minimum absolute atomic E-state index is 0.0662. The number of nitrogens with two attached hydrogens (primary N) is 1. The number of rotatable bonds is 4. The number of pyridine rings is 1. The molecule has 1 atom stereocenters. The van der Waals surface area contributed by atoms with Crippen molar-refractivity contribution in [3.63, 3.8) is 0 Å². The van der Waals surface area contributed by atoms with E-state index >= 15 is 0 Å². The summed E-state index contributed by atoms with van der Waals surface area (Å²) in [6.45, 7) is 4.50. The van der Waals surface area contributed by atoms with Gasteiger partial charge in [0.2, 0.25) is 11.8 Å². The average molecular weight is 276 g/mol. The molecular weight excluding hydrogens is 256 g/mol. The van der Waals surface area contributed by atoms with E-state index in [0.717, 1.165) is 18.7 Å². The first-order valence-electron chi connectivity index (χ1n) is 6.82. The molecule has 1 aliphatic rings. The summed E-state index contributed by atoms with van der Waals surface area (Å²) in [6.07, 6.45) is 3.06. The van der Waals surface area contributed by atoms with E-state index in [1.54, 1.807) is 23.2 Å². The summed E-state index contributed by atoms with van der Waals surface area (Å²) in [6, 6.07) is 2.91. The Balaban J connectivity index is 2.01. The van der Waals surface area contributed by atoms with Crippen LogP contribution in [0.15, 0.2) is 18.3 Å². The molecule has 0 spiro atoms. The second-order valence-electron chi connectivity index (χ2n) is 5.31. The van der Waals surface area contributed by atoms with Crippen molar-refractivity contribution in [2.45, 2.75) is 32.7 Å². The summed E-state index contributed by atoms with van der Waals surface area (Å²) in [5.41, 5.74) is 6.53. The average Bonchev–Trinajstić information content (AvgIpc) is 2.85. The number of nitrogens with one attached hydrogen (secondary N) is 1. The predicted molar refractivity (Wildman–Crippen MR) is 77.3 cm³/mol. The third-order valence-electron chi connectivity index (χ3n) is 3.41. The van der Waals surface area contributed by atoms with Crippen LogP contribution in [-0.4, -0.2) is 29.4 Å².